The van der Waals surface area contributed by atoms with Crippen molar-refractivity contribution in [3.8, 4) is 11.8 Å². The van der Waals surface area contributed by atoms with Gasteiger partial charge in [-0.15, -0.1) is 0 Å². The number of imidazole rings is 1. The van der Waals surface area contributed by atoms with Gasteiger partial charge < -0.3 is 20.3 Å². The van der Waals surface area contributed by atoms with Gasteiger partial charge >= 0.3 is 12.1 Å². The van der Waals surface area contributed by atoms with Crippen LogP contribution in [0.1, 0.15) is 43.7 Å². The van der Waals surface area contributed by atoms with Crippen LogP contribution in [0.4, 0.5) is 24.8 Å². The molecular weight excluding hydrogens is 583 g/mol. The highest BCUT2D eigenvalue weighted by Gasteiger charge is 2.38. The van der Waals surface area contributed by atoms with E-state index in [0.717, 1.165) is 17.6 Å². The maximum absolute atomic E-state index is 13.7. The van der Waals surface area contributed by atoms with Gasteiger partial charge in [0.25, 0.3) is 11.2 Å². The van der Waals surface area contributed by atoms with Gasteiger partial charge in [-0.2, -0.15) is 18.2 Å². The average molecular weight is 608 g/mol. The van der Waals surface area contributed by atoms with Crippen molar-refractivity contribution >= 4 is 34.6 Å². The van der Waals surface area contributed by atoms with E-state index in [1.807, 2.05) is 0 Å². The molecule has 0 radical (unpaired) electrons. The van der Waals surface area contributed by atoms with E-state index in [1.165, 1.54) is 30.0 Å². The van der Waals surface area contributed by atoms with Gasteiger partial charge in [-0.25, -0.2) is 4.98 Å². The van der Waals surface area contributed by atoms with Crippen molar-refractivity contribution in [2.24, 2.45) is 0 Å². The zero-order valence-corrected chi connectivity index (χ0v) is 22.5. The van der Waals surface area contributed by atoms with Gasteiger partial charge in [0.05, 0.1) is 42.1 Å². The van der Waals surface area contributed by atoms with Crippen LogP contribution in [-0.2, 0) is 14.3 Å². The van der Waals surface area contributed by atoms with Crippen molar-refractivity contribution in [3.63, 3.8) is 0 Å². The summed E-state index contributed by atoms with van der Waals surface area (Å²) in [4.78, 5) is 56.3. The van der Waals surface area contributed by atoms with E-state index in [4.69, 9.17) is 4.74 Å². The molecule has 1 aliphatic heterocycles. The molecule has 228 valence electrons. The Kier molecular flexibility index (Phi) is 8.80. The van der Waals surface area contributed by atoms with E-state index in [9.17, 15) is 47.9 Å². The number of rotatable bonds is 7. The van der Waals surface area contributed by atoms with Crippen LogP contribution in [0.2, 0.25) is 0 Å². The number of nitrogens with one attached hydrogen (secondary N) is 2. The molecule has 15 nitrogen and oxygen atoms in total. The topological polar surface area (TPSA) is 204 Å². The highest BCUT2D eigenvalue weighted by Crippen LogP contribution is 2.33. The number of anilines is 1. The summed E-state index contributed by atoms with van der Waals surface area (Å²) in [6.45, 7) is 1.50. The Hall–Kier alpha value is -4.86. The van der Waals surface area contributed by atoms with Crippen LogP contribution in [-0.4, -0.2) is 77.6 Å². The Morgan fingerprint density at radius 3 is 2.67 bits per heavy atom. The summed E-state index contributed by atoms with van der Waals surface area (Å²) in [5.74, 6) is 1.65. The Bertz CT molecular complexity index is 1710. The maximum Gasteiger partial charge on any atom is 0.471 e. The number of ether oxygens (including phenoxy) is 1. The number of carbonyl (C=O) groups excluding carboxylic acids is 2. The lowest BCUT2D eigenvalue weighted by atomic mass is 10.0. The lowest BCUT2D eigenvalue weighted by molar-refractivity contribution is -0.385. The number of nitrogens with zero attached hydrogens (tertiary/aromatic N) is 5. The highest BCUT2D eigenvalue weighted by atomic mass is 19.4. The van der Waals surface area contributed by atoms with Crippen LogP contribution < -0.4 is 16.2 Å². The summed E-state index contributed by atoms with van der Waals surface area (Å²) >= 11 is 0. The van der Waals surface area contributed by atoms with Gasteiger partial charge in [0.1, 0.15) is 12.3 Å². The van der Waals surface area contributed by atoms with Crippen molar-refractivity contribution in [2.75, 3.05) is 18.5 Å². The lowest BCUT2D eigenvalue weighted by Crippen LogP contribution is -2.36. The molecule has 1 fully saturated rings. The predicted octanol–water partition coefficient (Wildman–Crippen LogP) is 0.740. The number of fused-ring (bicyclic) bond motifs is 1. The summed E-state index contributed by atoms with van der Waals surface area (Å²) < 4.78 is 44.9. The number of amides is 2. The number of aromatic nitrogens is 4. The predicted molar refractivity (Wildman–Crippen MR) is 141 cm³/mol. The second-order valence-corrected chi connectivity index (χ2v) is 9.42. The Morgan fingerprint density at radius 2 is 2.07 bits per heavy atom. The maximum atomic E-state index is 13.7. The molecule has 2 amide bonds. The summed E-state index contributed by atoms with van der Waals surface area (Å²) in [6.07, 6.45) is -6.48. The first-order chi connectivity index (χ1) is 20.2. The first-order valence-electron chi connectivity index (χ1n) is 12.6. The summed E-state index contributed by atoms with van der Waals surface area (Å²) in [6, 6.07) is 2.57. The minimum absolute atomic E-state index is 0.00300. The quantitative estimate of drug-likeness (QED) is 0.168. The normalized spacial score (nSPS) is 19.0. The smallest absolute Gasteiger partial charge is 0.394 e. The van der Waals surface area contributed by atoms with Crippen LogP contribution >= 0.6 is 0 Å². The lowest BCUT2D eigenvalue weighted by Gasteiger charge is -2.20. The fourth-order valence-electron chi connectivity index (χ4n) is 4.49. The van der Waals surface area contributed by atoms with Crippen molar-refractivity contribution in [1.82, 2.24) is 24.4 Å². The van der Waals surface area contributed by atoms with Crippen molar-refractivity contribution in [3.05, 3.63) is 56.1 Å². The molecule has 4 rings (SSSR count). The summed E-state index contributed by atoms with van der Waals surface area (Å²) in [5, 5.41) is 35.5. The van der Waals surface area contributed by atoms with Gasteiger partial charge in [-0.1, -0.05) is 11.8 Å². The van der Waals surface area contributed by atoms with Crippen LogP contribution in [0.5, 0.6) is 0 Å². The molecule has 0 saturated carbocycles. The van der Waals surface area contributed by atoms with Crippen molar-refractivity contribution in [1.29, 1.82) is 0 Å². The summed E-state index contributed by atoms with van der Waals surface area (Å²) in [5.41, 5.74) is -1.39. The molecule has 4 N–H and O–H groups in total. The van der Waals surface area contributed by atoms with Gasteiger partial charge in [0.2, 0.25) is 11.9 Å². The van der Waals surface area contributed by atoms with E-state index < -0.39 is 71.8 Å². The van der Waals surface area contributed by atoms with Crippen molar-refractivity contribution in [2.45, 2.75) is 50.9 Å². The van der Waals surface area contributed by atoms with Gasteiger partial charge in [-0.3, -0.25) is 38.9 Å². The number of nitro benzene ring substituents is 1. The van der Waals surface area contributed by atoms with E-state index in [1.54, 1.807) is 5.32 Å². The number of carbonyl (C=O) groups is 2. The van der Waals surface area contributed by atoms with Gasteiger partial charge in [0, 0.05) is 25.0 Å². The molecule has 18 heteroatoms. The minimum atomic E-state index is -5.09. The molecular formula is C25H24F3N7O8. The molecule has 1 aliphatic rings. The van der Waals surface area contributed by atoms with Crippen molar-refractivity contribution < 1.29 is 42.6 Å². The fourth-order valence-corrected chi connectivity index (χ4v) is 4.49. The Balaban J connectivity index is 1.73. The third kappa shape index (κ3) is 6.48. The van der Waals surface area contributed by atoms with Crippen LogP contribution in [0.25, 0.3) is 11.2 Å². The third-order valence-electron chi connectivity index (χ3n) is 6.50. The fraction of sp³-hybridized carbons (Fsp3) is 0.400. The Labute approximate surface area is 239 Å². The SMILES string of the molecule is CC(=O)Nc1nc2c(ncn2[C@H]2C[C@H](O)[C@@H](CO)O2)c(=O)n1C(C)c1ccc(C#CCNC(=O)C(F)(F)F)cc1[N+](=O)[O-]. The molecule has 1 saturated heterocycles. The first-order valence-corrected chi connectivity index (χ1v) is 12.6. The van der Waals surface area contributed by atoms with E-state index in [-0.39, 0.29) is 34.7 Å². The highest BCUT2D eigenvalue weighted by molar-refractivity contribution is 5.88. The molecule has 3 aromatic rings. The molecule has 4 atom stereocenters. The number of benzene rings is 1. The monoisotopic (exact) mass is 607 g/mol. The van der Waals surface area contributed by atoms with Gasteiger partial charge in [-0.05, 0) is 19.1 Å². The minimum Gasteiger partial charge on any atom is -0.394 e. The zero-order valence-electron chi connectivity index (χ0n) is 22.5. The van der Waals surface area contributed by atoms with Gasteiger partial charge in [0.15, 0.2) is 11.2 Å². The molecule has 0 bridgehead atoms. The molecule has 0 aliphatic carbocycles. The third-order valence-corrected chi connectivity index (χ3v) is 6.50. The van der Waals surface area contributed by atoms with Crippen LogP contribution in [0.15, 0.2) is 29.3 Å². The molecule has 1 aromatic carbocycles. The zero-order chi connectivity index (χ0) is 31.6. The average Bonchev–Trinajstić information content (AvgIpc) is 3.52. The second-order valence-electron chi connectivity index (χ2n) is 9.42. The second kappa shape index (κ2) is 12.2. The molecule has 1 unspecified atom stereocenters. The number of halogens is 3. The van der Waals surface area contributed by atoms with E-state index in [0.29, 0.717) is 0 Å². The van der Waals surface area contributed by atoms with E-state index in [2.05, 4.69) is 27.1 Å². The standard InChI is InChI=1S/C25H24F3N7O8/c1-12(15-6-5-14(8-16(15)35(41)42)4-3-7-29-23(40)25(26,27)28)34-22(39)20-21(32-24(34)31-13(2)37)33(11-30-20)19-9-17(38)18(10-36)43-19/h5-6,8,11-12,17-19,36,38H,7,9-10H2,1-2H3,(H,29,40)(H,31,32,37)/t12?,17-,18+,19+/m0/s1. The van der Waals surface area contributed by atoms with Crippen LogP contribution in [0.3, 0.4) is 0 Å². The van der Waals surface area contributed by atoms with Crippen LogP contribution in [0, 0.1) is 22.0 Å². The first kappa shape index (κ1) is 31.1. The van der Waals surface area contributed by atoms with E-state index >= 15 is 0 Å². The Morgan fingerprint density at radius 1 is 1.35 bits per heavy atom. The largest absolute Gasteiger partial charge is 0.471 e. The number of hydrogen-bond acceptors (Lipinski definition) is 10. The number of aliphatic hydroxyl groups excluding tert-OH is 2. The molecule has 2 aromatic heterocycles. The molecule has 0 spiro atoms. The molecule has 3 heterocycles. The number of nitro groups is 1. The number of aliphatic hydroxyl groups is 2. The number of alkyl halides is 3. The number of hydrogen-bond donors (Lipinski definition) is 4. The molecule has 43 heavy (non-hydrogen) atoms. The summed E-state index contributed by atoms with van der Waals surface area (Å²) in [7, 11) is 0.